The van der Waals surface area contributed by atoms with Crippen molar-refractivity contribution in [1.29, 1.82) is 0 Å². The lowest BCUT2D eigenvalue weighted by Gasteiger charge is -2.42. The standard InChI is InChI=1S/C14H29N3O/c1-5-7-14(2)8-6-10-17(12-14)13(15-3)16-9-11-18-4/h5-12H2,1-4H3,(H,15,16). The van der Waals surface area contributed by atoms with Crippen molar-refractivity contribution in [3.05, 3.63) is 0 Å². The molecule has 1 aliphatic heterocycles. The number of rotatable bonds is 5. The Morgan fingerprint density at radius 1 is 1.50 bits per heavy atom. The highest BCUT2D eigenvalue weighted by molar-refractivity contribution is 5.80. The Kier molecular flexibility index (Phi) is 6.47. The zero-order chi connectivity index (χ0) is 13.4. The highest BCUT2D eigenvalue weighted by atomic mass is 16.5. The lowest BCUT2D eigenvalue weighted by atomic mass is 9.78. The first-order valence-electron chi connectivity index (χ1n) is 7.10. The average Bonchev–Trinajstić information content (AvgIpc) is 2.34. The van der Waals surface area contributed by atoms with E-state index in [9.17, 15) is 0 Å². The topological polar surface area (TPSA) is 36.9 Å². The van der Waals surface area contributed by atoms with Gasteiger partial charge in [0.1, 0.15) is 0 Å². The maximum Gasteiger partial charge on any atom is 0.193 e. The molecule has 0 aromatic heterocycles. The van der Waals surface area contributed by atoms with Crippen molar-refractivity contribution in [2.24, 2.45) is 10.4 Å². The van der Waals surface area contributed by atoms with E-state index in [-0.39, 0.29) is 0 Å². The molecule has 1 saturated heterocycles. The first-order valence-corrected chi connectivity index (χ1v) is 7.10. The molecule has 1 fully saturated rings. The van der Waals surface area contributed by atoms with Crippen molar-refractivity contribution in [2.75, 3.05) is 40.4 Å². The third-order valence-electron chi connectivity index (χ3n) is 3.74. The Labute approximate surface area is 112 Å². The molecule has 0 aliphatic carbocycles. The van der Waals surface area contributed by atoms with Gasteiger partial charge in [-0.1, -0.05) is 20.3 Å². The fraction of sp³-hybridized carbons (Fsp3) is 0.929. The summed E-state index contributed by atoms with van der Waals surface area (Å²) in [7, 11) is 3.59. The van der Waals surface area contributed by atoms with Crippen LogP contribution in [-0.2, 0) is 4.74 Å². The lowest BCUT2D eigenvalue weighted by molar-refractivity contribution is 0.141. The summed E-state index contributed by atoms with van der Waals surface area (Å²) in [6.07, 6.45) is 5.17. The Morgan fingerprint density at radius 3 is 2.89 bits per heavy atom. The van der Waals surface area contributed by atoms with E-state index < -0.39 is 0 Å². The van der Waals surface area contributed by atoms with Crippen LogP contribution in [0.15, 0.2) is 4.99 Å². The quantitative estimate of drug-likeness (QED) is 0.464. The van der Waals surface area contributed by atoms with Crippen LogP contribution in [0.3, 0.4) is 0 Å². The maximum atomic E-state index is 5.07. The number of nitrogens with zero attached hydrogens (tertiary/aromatic N) is 2. The van der Waals surface area contributed by atoms with Gasteiger partial charge in [-0.05, 0) is 24.7 Å². The molecular weight excluding hydrogens is 226 g/mol. The summed E-state index contributed by atoms with van der Waals surface area (Å²) in [6.45, 7) is 8.46. The summed E-state index contributed by atoms with van der Waals surface area (Å²) >= 11 is 0. The normalized spacial score (nSPS) is 25.3. The van der Waals surface area contributed by atoms with Gasteiger partial charge in [-0.3, -0.25) is 4.99 Å². The minimum absolute atomic E-state index is 0.450. The zero-order valence-corrected chi connectivity index (χ0v) is 12.5. The molecule has 1 unspecified atom stereocenters. The van der Waals surface area contributed by atoms with Crippen molar-refractivity contribution in [3.63, 3.8) is 0 Å². The zero-order valence-electron chi connectivity index (χ0n) is 12.5. The molecular formula is C14H29N3O. The van der Waals surface area contributed by atoms with Crippen LogP contribution < -0.4 is 5.32 Å². The number of likely N-dealkylation sites (tertiary alicyclic amines) is 1. The first-order chi connectivity index (χ1) is 8.65. The minimum atomic E-state index is 0.450. The number of piperidine rings is 1. The van der Waals surface area contributed by atoms with Gasteiger partial charge in [0.15, 0.2) is 5.96 Å². The molecule has 1 atom stereocenters. The number of nitrogens with one attached hydrogen (secondary N) is 1. The van der Waals surface area contributed by atoms with E-state index in [2.05, 4.69) is 29.1 Å². The first kappa shape index (κ1) is 15.3. The summed E-state index contributed by atoms with van der Waals surface area (Å²) < 4.78 is 5.07. The van der Waals surface area contributed by atoms with E-state index in [1.165, 1.54) is 25.7 Å². The molecule has 4 nitrogen and oxygen atoms in total. The predicted molar refractivity (Wildman–Crippen MR) is 77.1 cm³/mol. The summed E-state index contributed by atoms with van der Waals surface area (Å²) in [5.74, 6) is 1.02. The predicted octanol–water partition coefficient (Wildman–Crippen LogP) is 2.11. The van der Waals surface area contributed by atoms with Crippen LogP contribution in [0.5, 0.6) is 0 Å². The van der Waals surface area contributed by atoms with Crippen LogP contribution in [-0.4, -0.2) is 51.3 Å². The second kappa shape index (κ2) is 7.62. The summed E-state index contributed by atoms with van der Waals surface area (Å²) in [5.41, 5.74) is 0.450. The molecule has 106 valence electrons. The summed E-state index contributed by atoms with van der Waals surface area (Å²) in [4.78, 5) is 6.78. The van der Waals surface area contributed by atoms with Crippen LogP contribution >= 0.6 is 0 Å². The van der Waals surface area contributed by atoms with Gasteiger partial charge in [-0.15, -0.1) is 0 Å². The molecule has 1 N–H and O–H groups in total. The molecule has 0 amide bonds. The van der Waals surface area contributed by atoms with Gasteiger partial charge in [-0.2, -0.15) is 0 Å². The number of methoxy groups -OCH3 is 1. The fourth-order valence-electron chi connectivity index (χ4n) is 2.90. The summed E-state index contributed by atoms with van der Waals surface area (Å²) in [6, 6.07) is 0. The largest absolute Gasteiger partial charge is 0.383 e. The highest BCUT2D eigenvalue weighted by Gasteiger charge is 2.31. The van der Waals surface area contributed by atoms with Crippen molar-refractivity contribution in [1.82, 2.24) is 10.2 Å². The molecule has 0 saturated carbocycles. The van der Waals surface area contributed by atoms with Crippen LogP contribution in [0.1, 0.15) is 39.5 Å². The lowest BCUT2D eigenvalue weighted by Crippen LogP contribution is -2.50. The van der Waals surface area contributed by atoms with E-state index in [4.69, 9.17) is 4.74 Å². The second-order valence-electron chi connectivity index (χ2n) is 5.55. The maximum absolute atomic E-state index is 5.07. The van der Waals surface area contributed by atoms with E-state index in [0.717, 1.165) is 32.2 Å². The molecule has 0 aromatic rings. The van der Waals surface area contributed by atoms with Crippen LogP contribution in [0.4, 0.5) is 0 Å². The average molecular weight is 255 g/mol. The van der Waals surface area contributed by atoms with Crippen LogP contribution in [0, 0.1) is 5.41 Å². The van der Waals surface area contributed by atoms with Crippen LogP contribution in [0.2, 0.25) is 0 Å². The van der Waals surface area contributed by atoms with Crippen molar-refractivity contribution in [3.8, 4) is 0 Å². The highest BCUT2D eigenvalue weighted by Crippen LogP contribution is 2.33. The Morgan fingerprint density at radius 2 is 2.28 bits per heavy atom. The molecule has 1 rings (SSSR count). The number of hydrogen-bond acceptors (Lipinski definition) is 2. The van der Waals surface area contributed by atoms with Crippen molar-refractivity contribution < 1.29 is 4.74 Å². The van der Waals surface area contributed by atoms with Gasteiger partial charge >= 0.3 is 0 Å². The minimum Gasteiger partial charge on any atom is -0.383 e. The molecule has 1 aliphatic rings. The molecule has 0 aromatic carbocycles. The van der Waals surface area contributed by atoms with E-state index in [0.29, 0.717) is 5.41 Å². The van der Waals surface area contributed by atoms with Gasteiger partial charge in [0.25, 0.3) is 0 Å². The third-order valence-corrected chi connectivity index (χ3v) is 3.74. The van der Waals surface area contributed by atoms with Gasteiger partial charge in [-0.25, -0.2) is 0 Å². The van der Waals surface area contributed by atoms with Crippen LogP contribution in [0.25, 0.3) is 0 Å². The fourth-order valence-corrected chi connectivity index (χ4v) is 2.90. The molecule has 0 spiro atoms. The SMILES string of the molecule is CCCC1(C)CCCN(C(=NC)NCCOC)C1. The summed E-state index contributed by atoms with van der Waals surface area (Å²) in [5, 5.41) is 3.37. The van der Waals surface area contributed by atoms with Crippen molar-refractivity contribution >= 4 is 5.96 Å². The Balaban J connectivity index is 2.53. The smallest absolute Gasteiger partial charge is 0.193 e. The van der Waals surface area contributed by atoms with Gasteiger partial charge in [0.05, 0.1) is 6.61 Å². The number of aliphatic imine (C=N–C) groups is 1. The van der Waals surface area contributed by atoms with Gasteiger partial charge in [0, 0.05) is 33.8 Å². The molecule has 0 bridgehead atoms. The van der Waals surface area contributed by atoms with Gasteiger partial charge in [0.2, 0.25) is 0 Å². The molecule has 18 heavy (non-hydrogen) atoms. The Bertz CT molecular complexity index is 264. The Hall–Kier alpha value is -0.770. The molecule has 0 radical (unpaired) electrons. The van der Waals surface area contributed by atoms with Gasteiger partial charge < -0.3 is 15.0 Å². The molecule has 1 heterocycles. The van der Waals surface area contributed by atoms with E-state index in [1.54, 1.807) is 7.11 Å². The van der Waals surface area contributed by atoms with E-state index in [1.807, 2.05) is 7.05 Å². The number of guanidine groups is 1. The third kappa shape index (κ3) is 4.48. The number of hydrogen-bond donors (Lipinski definition) is 1. The van der Waals surface area contributed by atoms with Crippen molar-refractivity contribution in [2.45, 2.75) is 39.5 Å². The number of ether oxygens (including phenoxy) is 1. The second-order valence-corrected chi connectivity index (χ2v) is 5.55. The van der Waals surface area contributed by atoms with E-state index >= 15 is 0 Å². The molecule has 4 heteroatoms. The monoisotopic (exact) mass is 255 g/mol.